The zero-order valence-corrected chi connectivity index (χ0v) is 17.7. The number of cyclic esters (lactones) is 1. The van der Waals surface area contributed by atoms with E-state index in [9.17, 15) is 9.59 Å². The Hall–Kier alpha value is -1.66. The van der Waals surface area contributed by atoms with Crippen LogP contribution >= 0.6 is 0 Å². The van der Waals surface area contributed by atoms with Crippen LogP contribution in [0.1, 0.15) is 46.5 Å². The smallest absolute Gasteiger partial charge is 0.334 e. The van der Waals surface area contributed by atoms with Gasteiger partial charge in [0.1, 0.15) is 18.3 Å². The first-order chi connectivity index (χ1) is 14.3. The monoisotopic (exact) mass is 412 g/mol. The lowest BCUT2D eigenvalue weighted by Gasteiger charge is -2.54. The highest BCUT2D eigenvalue weighted by atomic mass is 16.7. The van der Waals surface area contributed by atoms with Crippen LogP contribution in [0, 0.1) is 28.6 Å². The van der Waals surface area contributed by atoms with Crippen LogP contribution in [0.25, 0.3) is 0 Å². The van der Waals surface area contributed by atoms with E-state index < -0.39 is 11.2 Å². The minimum Gasteiger partial charge on any atom is -0.458 e. The quantitative estimate of drug-likeness (QED) is 0.403. The summed E-state index contributed by atoms with van der Waals surface area (Å²) in [6.45, 7) is 10.8. The average molecular weight is 412 g/mol. The third-order valence-electron chi connectivity index (χ3n) is 10.2. The molecule has 6 nitrogen and oxygen atoms in total. The van der Waals surface area contributed by atoms with Crippen molar-refractivity contribution in [3.05, 3.63) is 23.8 Å². The Kier molecular flexibility index (Phi) is 2.92. The van der Waals surface area contributed by atoms with Crippen LogP contribution in [0.15, 0.2) is 23.8 Å². The molecule has 0 radical (unpaired) electrons. The van der Waals surface area contributed by atoms with Gasteiger partial charge in [0.05, 0.1) is 12.2 Å². The molecule has 0 amide bonds. The number of carbonyl (C=O) groups is 2. The van der Waals surface area contributed by atoms with Gasteiger partial charge in [0.25, 0.3) is 0 Å². The summed E-state index contributed by atoms with van der Waals surface area (Å²) in [4.78, 5) is 24.6. The zero-order valence-electron chi connectivity index (χ0n) is 17.7. The van der Waals surface area contributed by atoms with Gasteiger partial charge in [0.15, 0.2) is 5.60 Å². The molecule has 3 saturated carbocycles. The summed E-state index contributed by atoms with van der Waals surface area (Å²) in [6, 6.07) is 0. The van der Waals surface area contributed by atoms with Gasteiger partial charge in [-0.1, -0.05) is 27.4 Å². The fraction of sp³-hybridized carbons (Fsp3) is 0.750. The van der Waals surface area contributed by atoms with Crippen molar-refractivity contribution in [2.45, 2.75) is 76.0 Å². The molecule has 0 bridgehead atoms. The molecule has 2 spiro atoms. The lowest BCUT2D eigenvalue weighted by molar-refractivity contribution is -0.166. The highest BCUT2D eigenvalue weighted by Gasteiger charge is 2.99. The van der Waals surface area contributed by atoms with E-state index in [1.54, 1.807) is 0 Å². The van der Waals surface area contributed by atoms with Crippen LogP contribution in [0.3, 0.4) is 0 Å². The Morgan fingerprint density at radius 3 is 2.87 bits per heavy atom. The molecule has 0 aromatic rings. The minimum absolute atomic E-state index is 0.0112. The molecule has 9 atom stereocenters. The second-order valence-electron chi connectivity index (χ2n) is 11.1. The molecule has 30 heavy (non-hydrogen) atoms. The van der Waals surface area contributed by atoms with Gasteiger partial charge in [0, 0.05) is 22.5 Å². The molecule has 7 aliphatic rings. The molecule has 0 N–H and O–H groups in total. The van der Waals surface area contributed by atoms with E-state index in [0.29, 0.717) is 18.4 Å². The second kappa shape index (κ2) is 4.88. The lowest BCUT2D eigenvalue weighted by atomic mass is 9.46. The molecular weight excluding hydrogens is 384 g/mol. The van der Waals surface area contributed by atoms with Gasteiger partial charge in [-0.15, -0.1) is 0 Å². The first-order valence-electron chi connectivity index (χ1n) is 11.4. The fourth-order valence-corrected chi connectivity index (χ4v) is 8.69. The Labute approximate surface area is 175 Å². The highest BCUT2D eigenvalue weighted by molar-refractivity contribution is 5.92. The lowest BCUT2D eigenvalue weighted by Crippen LogP contribution is -2.67. The molecular formula is C24H28O6. The molecule has 3 heterocycles. The van der Waals surface area contributed by atoms with Crippen LogP contribution in [0.5, 0.6) is 0 Å². The molecule has 3 aliphatic heterocycles. The van der Waals surface area contributed by atoms with Crippen molar-refractivity contribution >= 4 is 11.9 Å². The van der Waals surface area contributed by atoms with Gasteiger partial charge in [-0.05, 0) is 49.0 Å². The van der Waals surface area contributed by atoms with Gasteiger partial charge < -0.3 is 18.9 Å². The van der Waals surface area contributed by atoms with Crippen molar-refractivity contribution in [3.8, 4) is 0 Å². The Morgan fingerprint density at radius 1 is 1.33 bits per heavy atom. The minimum atomic E-state index is -0.569. The van der Waals surface area contributed by atoms with Crippen molar-refractivity contribution in [3.63, 3.8) is 0 Å². The summed E-state index contributed by atoms with van der Waals surface area (Å²) in [6.07, 6.45) is 4.56. The summed E-state index contributed by atoms with van der Waals surface area (Å²) in [5.41, 5.74) is 0.809. The molecule has 6 heteroatoms. The maximum atomic E-state index is 12.4. The van der Waals surface area contributed by atoms with Crippen LogP contribution in [0.4, 0.5) is 0 Å². The summed E-state index contributed by atoms with van der Waals surface area (Å²) < 4.78 is 24.9. The van der Waals surface area contributed by atoms with E-state index in [-0.39, 0.29) is 47.0 Å². The predicted octanol–water partition coefficient (Wildman–Crippen LogP) is 2.71. The van der Waals surface area contributed by atoms with Crippen molar-refractivity contribution < 1.29 is 28.5 Å². The number of ether oxygens (including phenoxy) is 4. The number of esters is 2. The average Bonchev–Trinajstić information content (AvgIpc) is 3.61. The van der Waals surface area contributed by atoms with Crippen molar-refractivity contribution in [1.82, 2.24) is 0 Å². The van der Waals surface area contributed by atoms with Crippen LogP contribution in [-0.2, 0) is 28.5 Å². The Morgan fingerprint density at radius 2 is 2.13 bits per heavy atom. The van der Waals surface area contributed by atoms with Gasteiger partial charge in [-0.3, -0.25) is 0 Å². The van der Waals surface area contributed by atoms with E-state index in [0.717, 1.165) is 36.8 Å². The molecule has 160 valence electrons. The molecule has 4 aliphatic carbocycles. The van der Waals surface area contributed by atoms with E-state index in [2.05, 4.69) is 27.4 Å². The molecule has 0 aromatic carbocycles. The van der Waals surface area contributed by atoms with Gasteiger partial charge in [-0.25, -0.2) is 9.59 Å². The molecule has 5 fully saturated rings. The Balaban J connectivity index is 1.37. The van der Waals surface area contributed by atoms with Crippen molar-refractivity contribution in [2.75, 3.05) is 6.61 Å². The van der Waals surface area contributed by atoms with Gasteiger partial charge >= 0.3 is 11.9 Å². The number of hydrogen-bond acceptors (Lipinski definition) is 6. The van der Waals surface area contributed by atoms with Crippen molar-refractivity contribution in [2.24, 2.45) is 28.6 Å². The van der Waals surface area contributed by atoms with Crippen LogP contribution in [-0.4, -0.2) is 48.1 Å². The topological polar surface area (TPSA) is 77.7 Å². The molecule has 7 rings (SSSR count). The van der Waals surface area contributed by atoms with E-state index in [1.165, 1.54) is 6.08 Å². The first-order valence-corrected chi connectivity index (χ1v) is 11.4. The maximum absolute atomic E-state index is 12.4. The maximum Gasteiger partial charge on any atom is 0.334 e. The summed E-state index contributed by atoms with van der Waals surface area (Å²) in [5.74, 6) is 0.467. The Bertz CT molecular complexity index is 967. The van der Waals surface area contributed by atoms with Crippen molar-refractivity contribution in [1.29, 1.82) is 0 Å². The fourth-order valence-electron chi connectivity index (χ4n) is 8.69. The number of fused-ring (bicyclic) bond motifs is 4. The highest BCUT2D eigenvalue weighted by Crippen LogP contribution is 2.87. The molecule has 2 saturated heterocycles. The summed E-state index contributed by atoms with van der Waals surface area (Å²) >= 11 is 0. The largest absolute Gasteiger partial charge is 0.458 e. The summed E-state index contributed by atoms with van der Waals surface area (Å²) in [7, 11) is 0. The number of epoxide rings is 2. The molecule has 0 aromatic heterocycles. The third-order valence-corrected chi connectivity index (χ3v) is 10.2. The third kappa shape index (κ3) is 1.55. The van der Waals surface area contributed by atoms with Crippen LogP contribution < -0.4 is 0 Å². The van der Waals surface area contributed by atoms with Crippen LogP contribution in [0.2, 0.25) is 0 Å². The number of rotatable bonds is 3. The zero-order chi connectivity index (χ0) is 20.8. The van der Waals surface area contributed by atoms with E-state index in [1.807, 2.05) is 0 Å². The standard InChI is InChI=1S/C24H28O6/c1-5-17(25)28-20-22(11(2)3)9-15(22)18-24(30-18)21(4)7-6-12-13(10-27-19(12)26)14(21)8-16-23(20,24)29-16/h5,11,14-16,18,20H,1,6-10H2,2-4H3/t14-,15-,16-,18-,20+,21-,22+,23+,24+/m0/s1. The van der Waals surface area contributed by atoms with E-state index in [4.69, 9.17) is 18.9 Å². The predicted molar refractivity (Wildman–Crippen MR) is 104 cm³/mol. The summed E-state index contributed by atoms with van der Waals surface area (Å²) in [5, 5.41) is 0. The number of hydrogen-bond donors (Lipinski definition) is 0. The van der Waals surface area contributed by atoms with Gasteiger partial charge in [-0.2, -0.15) is 0 Å². The first kappa shape index (κ1) is 18.0. The second-order valence-corrected chi connectivity index (χ2v) is 11.1. The van der Waals surface area contributed by atoms with Gasteiger partial charge in [0.2, 0.25) is 0 Å². The SMILES string of the molecule is C=CC(=O)O[C@@H]1[C@@]2(C(C)C)C[C@H]2[C@@H]2O[C@]23[C@]12O[C@H]2C[C@H]1C2=C(CC[C@@]13C)C(=O)OC2. The molecule has 0 unspecified atom stereocenters. The normalized spacial score (nSPS) is 55.9. The van der Waals surface area contributed by atoms with E-state index >= 15 is 0 Å². The number of carbonyl (C=O) groups excluding carboxylic acids is 2.